The first-order valence-corrected chi connectivity index (χ1v) is 6.67. The molecular weight excluding hydrogens is 354 g/mol. The van der Waals surface area contributed by atoms with Gasteiger partial charge in [0.1, 0.15) is 11.6 Å². The van der Waals surface area contributed by atoms with Gasteiger partial charge in [-0.15, -0.1) is 13.2 Å². The first kappa shape index (κ1) is 15.6. The van der Waals surface area contributed by atoms with Gasteiger partial charge >= 0.3 is 6.36 Å². The minimum Gasteiger partial charge on any atom is -0.405 e. The fourth-order valence-corrected chi connectivity index (χ4v) is 1.92. The summed E-state index contributed by atoms with van der Waals surface area (Å²) in [6, 6.07) is 10.1. The highest BCUT2D eigenvalue weighted by atomic mass is 79.9. The lowest BCUT2D eigenvalue weighted by atomic mass is 10.2. The summed E-state index contributed by atoms with van der Waals surface area (Å²) in [7, 11) is 0. The average molecular weight is 364 g/mol. The number of hydrogen-bond donors (Lipinski definition) is 1. The Morgan fingerprint density at radius 3 is 2.48 bits per heavy atom. The van der Waals surface area contributed by atoms with Crippen molar-refractivity contribution in [2.75, 3.05) is 5.32 Å². The molecule has 0 aliphatic carbocycles. The quantitative estimate of drug-likeness (QED) is 0.763. The van der Waals surface area contributed by atoms with Crippen LogP contribution in [0.2, 0.25) is 0 Å². The standard InChI is InChI=1S/C14H10BrF4NO/c15-11-6-5-10(7-12(11)16)20-8-9-3-1-2-4-13(9)21-14(17,18)19/h1-7,20H,8H2. The molecule has 0 unspecified atom stereocenters. The van der Waals surface area contributed by atoms with Gasteiger partial charge in [0, 0.05) is 17.8 Å². The first-order chi connectivity index (χ1) is 9.85. The van der Waals surface area contributed by atoms with E-state index in [0.717, 1.165) is 0 Å². The number of rotatable bonds is 4. The fourth-order valence-electron chi connectivity index (χ4n) is 1.68. The molecule has 2 nitrogen and oxygen atoms in total. The van der Waals surface area contributed by atoms with Crippen LogP contribution in [0.15, 0.2) is 46.9 Å². The van der Waals surface area contributed by atoms with Crippen LogP contribution in [0.4, 0.5) is 23.2 Å². The molecule has 0 heterocycles. The van der Waals surface area contributed by atoms with Gasteiger partial charge in [-0.25, -0.2) is 4.39 Å². The fraction of sp³-hybridized carbons (Fsp3) is 0.143. The van der Waals surface area contributed by atoms with Crippen LogP contribution in [0.3, 0.4) is 0 Å². The largest absolute Gasteiger partial charge is 0.573 e. The van der Waals surface area contributed by atoms with Gasteiger partial charge in [-0.1, -0.05) is 18.2 Å². The van der Waals surface area contributed by atoms with Crippen LogP contribution in [0.1, 0.15) is 5.56 Å². The highest BCUT2D eigenvalue weighted by molar-refractivity contribution is 9.10. The van der Waals surface area contributed by atoms with Crippen molar-refractivity contribution in [2.45, 2.75) is 12.9 Å². The number of nitrogens with one attached hydrogen (secondary N) is 1. The van der Waals surface area contributed by atoms with E-state index >= 15 is 0 Å². The van der Waals surface area contributed by atoms with E-state index in [1.807, 2.05) is 0 Å². The maximum absolute atomic E-state index is 13.3. The summed E-state index contributed by atoms with van der Waals surface area (Å²) in [5, 5.41) is 2.85. The molecule has 0 fully saturated rings. The normalized spacial score (nSPS) is 11.3. The number of hydrogen-bond acceptors (Lipinski definition) is 2. The number of benzene rings is 2. The van der Waals surface area contributed by atoms with Crippen LogP contribution in [-0.4, -0.2) is 6.36 Å². The van der Waals surface area contributed by atoms with Gasteiger partial charge in [0.05, 0.1) is 4.47 Å². The number of para-hydroxylation sites is 1. The predicted octanol–water partition coefficient (Wildman–Crippen LogP) is 5.10. The summed E-state index contributed by atoms with van der Waals surface area (Å²) >= 11 is 3.02. The van der Waals surface area contributed by atoms with E-state index in [0.29, 0.717) is 15.7 Å². The summed E-state index contributed by atoms with van der Waals surface area (Å²) < 4.78 is 54.5. The minimum atomic E-state index is -4.75. The monoisotopic (exact) mass is 363 g/mol. The van der Waals surface area contributed by atoms with Crippen molar-refractivity contribution in [1.29, 1.82) is 0 Å². The van der Waals surface area contributed by atoms with Crippen LogP contribution in [0, 0.1) is 5.82 Å². The lowest BCUT2D eigenvalue weighted by Gasteiger charge is -2.14. The van der Waals surface area contributed by atoms with Gasteiger partial charge in [-0.3, -0.25) is 0 Å². The maximum Gasteiger partial charge on any atom is 0.573 e. The third-order valence-electron chi connectivity index (χ3n) is 2.60. The van der Waals surface area contributed by atoms with Gasteiger partial charge in [0.2, 0.25) is 0 Å². The van der Waals surface area contributed by atoms with E-state index in [4.69, 9.17) is 0 Å². The van der Waals surface area contributed by atoms with Gasteiger partial charge in [-0.05, 0) is 40.2 Å². The highest BCUT2D eigenvalue weighted by Gasteiger charge is 2.31. The molecule has 0 saturated heterocycles. The zero-order chi connectivity index (χ0) is 15.5. The third kappa shape index (κ3) is 4.63. The summed E-state index contributed by atoms with van der Waals surface area (Å²) in [6.45, 7) is 0.0767. The molecule has 1 N–H and O–H groups in total. The number of anilines is 1. The third-order valence-corrected chi connectivity index (χ3v) is 3.24. The van der Waals surface area contributed by atoms with Crippen LogP contribution < -0.4 is 10.1 Å². The van der Waals surface area contributed by atoms with E-state index in [-0.39, 0.29) is 12.3 Å². The summed E-state index contributed by atoms with van der Waals surface area (Å²) in [5.74, 6) is -0.741. The van der Waals surface area contributed by atoms with Gasteiger partial charge in [-0.2, -0.15) is 0 Å². The van der Waals surface area contributed by atoms with Crippen molar-refractivity contribution in [1.82, 2.24) is 0 Å². The molecule has 0 radical (unpaired) electrons. The molecule has 0 aliphatic heterocycles. The summed E-state index contributed by atoms with van der Waals surface area (Å²) in [5.41, 5.74) is 0.774. The van der Waals surface area contributed by atoms with E-state index in [2.05, 4.69) is 26.0 Å². The van der Waals surface area contributed by atoms with Crippen LogP contribution in [0.25, 0.3) is 0 Å². The van der Waals surface area contributed by atoms with Gasteiger partial charge in [0.15, 0.2) is 0 Å². The highest BCUT2D eigenvalue weighted by Crippen LogP contribution is 2.27. The van der Waals surface area contributed by atoms with Crippen molar-refractivity contribution >= 4 is 21.6 Å². The lowest BCUT2D eigenvalue weighted by Crippen LogP contribution is -2.18. The topological polar surface area (TPSA) is 21.3 Å². The SMILES string of the molecule is Fc1cc(NCc2ccccc2OC(F)(F)F)ccc1Br. The van der Waals surface area contributed by atoms with Crippen molar-refractivity contribution in [3.05, 3.63) is 58.3 Å². The molecule has 21 heavy (non-hydrogen) atoms. The first-order valence-electron chi connectivity index (χ1n) is 5.88. The van der Waals surface area contributed by atoms with E-state index in [1.54, 1.807) is 12.1 Å². The molecular formula is C14H10BrF4NO. The Labute approximate surface area is 126 Å². The smallest absolute Gasteiger partial charge is 0.405 e. The Morgan fingerprint density at radius 1 is 1.10 bits per heavy atom. The van der Waals surface area contributed by atoms with Crippen molar-refractivity contribution in [3.8, 4) is 5.75 Å². The van der Waals surface area contributed by atoms with Crippen LogP contribution in [-0.2, 0) is 6.54 Å². The molecule has 0 saturated carbocycles. The molecule has 0 aliphatic rings. The minimum absolute atomic E-state index is 0.0767. The second-order valence-corrected chi connectivity index (χ2v) is 4.99. The van der Waals surface area contributed by atoms with Crippen molar-refractivity contribution in [3.63, 3.8) is 0 Å². The molecule has 2 aromatic carbocycles. The predicted molar refractivity (Wildman–Crippen MR) is 74.6 cm³/mol. The van der Waals surface area contributed by atoms with Gasteiger partial charge in [0.25, 0.3) is 0 Å². The molecule has 0 amide bonds. The number of ether oxygens (including phenoxy) is 1. The Morgan fingerprint density at radius 2 is 1.81 bits per heavy atom. The molecule has 2 aromatic rings. The summed E-state index contributed by atoms with van der Waals surface area (Å²) in [6.07, 6.45) is -4.75. The van der Waals surface area contributed by atoms with Crippen molar-refractivity contribution in [2.24, 2.45) is 0 Å². The molecule has 0 aromatic heterocycles. The average Bonchev–Trinajstić information content (AvgIpc) is 2.40. The molecule has 7 heteroatoms. The van der Waals surface area contributed by atoms with E-state index < -0.39 is 12.2 Å². The van der Waals surface area contributed by atoms with Crippen LogP contribution in [0.5, 0.6) is 5.75 Å². The van der Waals surface area contributed by atoms with Crippen LogP contribution >= 0.6 is 15.9 Å². The Balaban J connectivity index is 2.11. The molecule has 112 valence electrons. The van der Waals surface area contributed by atoms with E-state index in [9.17, 15) is 17.6 Å². The second-order valence-electron chi connectivity index (χ2n) is 4.14. The zero-order valence-electron chi connectivity index (χ0n) is 10.5. The second kappa shape index (κ2) is 6.34. The number of alkyl halides is 3. The molecule has 0 bridgehead atoms. The Hall–Kier alpha value is -1.76. The summed E-state index contributed by atoms with van der Waals surface area (Å²) in [4.78, 5) is 0. The number of halogens is 5. The molecule has 2 rings (SSSR count). The molecule has 0 atom stereocenters. The lowest BCUT2D eigenvalue weighted by molar-refractivity contribution is -0.274. The van der Waals surface area contributed by atoms with Crippen molar-refractivity contribution < 1.29 is 22.3 Å². The Bertz CT molecular complexity index is 631. The van der Waals surface area contributed by atoms with E-state index in [1.165, 1.54) is 30.3 Å². The van der Waals surface area contributed by atoms with Gasteiger partial charge < -0.3 is 10.1 Å². The Kier molecular flexibility index (Phi) is 4.72. The maximum atomic E-state index is 13.3. The molecule has 0 spiro atoms. The zero-order valence-corrected chi connectivity index (χ0v) is 12.1.